The van der Waals surface area contributed by atoms with Crippen LogP contribution in [0.15, 0.2) is 0 Å². The Labute approximate surface area is 285 Å². The van der Waals surface area contributed by atoms with Crippen molar-refractivity contribution in [3.05, 3.63) is 0 Å². The van der Waals surface area contributed by atoms with Crippen molar-refractivity contribution in [1.82, 2.24) is 0 Å². The van der Waals surface area contributed by atoms with E-state index in [0.29, 0.717) is 18.3 Å². The van der Waals surface area contributed by atoms with Crippen LogP contribution in [0.25, 0.3) is 0 Å². The first-order chi connectivity index (χ1) is 21.0. The van der Waals surface area contributed by atoms with Crippen LogP contribution < -0.4 is 0 Å². The van der Waals surface area contributed by atoms with Crippen molar-refractivity contribution in [2.45, 2.75) is 134 Å². The number of hydrogen-bond acceptors (Lipinski definition) is 9. The second-order valence-corrected chi connectivity index (χ2v) is 36.1. The van der Waals surface area contributed by atoms with Crippen molar-refractivity contribution in [2.75, 3.05) is 59.5 Å². The van der Waals surface area contributed by atoms with Gasteiger partial charge in [0, 0.05) is 19.8 Å². The lowest BCUT2D eigenvalue weighted by Crippen LogP contribution is -2.38. The van der Waals surface area contributed by atoms with Crippen molar-refractivity contribution < 1.29 is 40.8 Å². The minimum absolute atomic E-state index is 0.389. The summed E-state index contributed by atoms with van der Waals surface area (Å²) in [6.45, 7) is 34.8. The van der Waals surface area contributed by atoms with Gasteiger partial charge >= 0.3 is 0 Å². The van der Waals surface area contributed by atoms with Crippen molar-refractivity contribution in [3.8, 4) is 0 Å². The molecule has 3 rings (SSSR count). The molecule has 0 aromatic rings. The van der Waals surface area contributed by atoms with E-state index in [1.54, 1.807) is 0 Å². The maximum atomic E-state index is 6.22. The van der Waals surface area contributed by atoms with Gasteiger partial charge in [-0.1, -0.05) is 6.92 Å². The molecule has 45 heavy (non-hydrogen) atoms. The van der Waals surface area contributed by atoms with Crippen LogP contribution in [-0.2, 0) is 40.8 Å². The van der Waals surface area contributed by atoms with Gasteiger partial charge in [-0.15, -0.1) is 0 Å². The first-order valence-electron chi connectivity index (χ1n) is 17.7. The molecule has 0 amide bonds. The van der Waals surface area contributed by atoms with Gasteiger partial charge in [0.05, 0.1) is 39.6 Å². The van der Waals surface area contributed by atoms with Crippen LogP contribution in [0.1, 0.15) is 19.8 Å². The fraction of sp³-hybridized carbons (Fsp3) is 1.00. The highest BCUT2D eigenvalue weighted by molar-refractivity contribution is 6.79. The van der Waals surface area contributed by atoms with E-state index in [1.807, 2.05) is 0 Å². The molecule has 0 N–H and O–H groups in total. The third kappa shape index (κ3) is 28.5. The van der Waals surface area contributed by atoms with Gasteiger partial charge in [-0.2, -0.15) is 0 Å². The van der Waals surface area contributed by atoms with Gasteiger partial charge in [0.15, 0.2) is 52.1 Å². The van der Waals surface area contributed by atoms with E-state index in [4.69, 9.17) is 40.8 Å². The van der Waals surface area contributed by atoms with Gasteiger partial charge in [0.2, 0.25) is 0 Å². The van der Waals surface area contributed by atoms with Crippen molar-refractivity contribution in [3.63, 3.8) is 0 Å². The topological polar surface area (TPSA) is 93.0 Å². The van der Waals surface area contributed by atoms with Gasteiger partial charge in [-0.3, -0.25) is 0 Å². The van der Waals surface area contributed by atoms with E-state index in [-0.39, 0.29) is 0 Å². The zero-order valence-electron chi connectivity index (χ0n) is 31.2. The van der Waals surface area contributed by atoms with E-state index in [0.717, 1.165) is 78.3 Å². The molecule has 4 unspecified atom stereocenters. The standard InChI is InChI=1S/C11H26O3Si2.C10H24O3Si2.C9H22O3Si2/c1-5-16(4,14-15(2)3)8-6-7-12-9-11-10-13-11;1-14(2)13-15(3,4)7-5-6-11-8-10-9-12-10;1-13(2)12-14(3,4)6-5-10-7-9-8-11-9/h11,15H,5-10H2,1-4H3;10,14H,5-9H2,1-4H3;9,13H,5-8H2,1-4H3. The maximum absolute atomic E-state index is 6.22. The van der Waals surface area contributed by atoms with E-state index >= 15 is 0 Å². The molecule has 4 atom stereocenters. The molecule has 3 fully saturated rings. The Hall–Kier alpha value is 0.941. The third-order valence-electron chi connectivity index (χ3n) is 7.41. The highest BCUT2D eigenvalue weighted by atomic mass is 28.4. The minimum Gasteiger partial charge on any atom is -0.458 e. The van der Waals surface area contributed by atoms with Crippen molar-refractivity contribution in [1.29, 1.82) is 0 Å². The summed E-state index contributed by atoms with van der Waals surface area (Å²) in [4.78, 5) is 0. The fourth-order valence-electron chi connectivity index (χ4n) is 4.89. The fourth-order valence-corrected chi connectivity index (χ4v) is 24.6. The molecule has 0 aromatic carbocycles. The molecule has 0 aliphatic carbocycles. The van der Waals surface area contributed by atoms with Crippen LogP contribution in [0.2, 0.25) is 96.2 Å². The zero-order chi connectivity index (χ0) is 33.9. The van der Waals surface area contributed by atoms with Gasteiger partial charge in [-0.05, 0) is 109 Å². The summed E-state index contributed by atoms with van der Waals surface area (Å²) in [5.41, 5.74) is 0. The van der Waals surface area contributed by atoms with Crippen LogP contribution in [0, 0.1) is 0 Å². The Balaban J connectivity index is 0.000000338. The van der Waals surface area contributed by atoms with Gasteiger partial charge < -0.3 is 40.8 Å². The smallest absolute Gasteiger partial charge is 0.176 e. The van der Waals surface area contributed by atoms with Crippen molar-refractivity contribution >= 4 is 52.1 Å². The largest absolute Gasteiger partial charge is 0.458 e. The summed E-state index contributed by atoms with van der Waals surface area (Å²) in [6.07, 6.45) is 3.46. The average molecular weight is 745 g/mol. The molecular formula is C30H72O9Si6. The van der Waals surface area contributed by atoms with Crippen LogP contribution in [0.3, 0.4) is 0 Å². The first kappa shape index (κ1) is 44.0. The Morgan fingerprint density at radius 3 is 1.24 bits per heavy atom. The summed E-state index contributed by atoms with van der Waals surface area (Å²) in [7, 11) is -6.81. The molecule has 3 saturated heterocycles. The molecular weight excluding hydrogens is 673 g/mol. The highest BCUT2D eigenvalue weighted by Gasteiger charge is 2.28. The number of epoxide rings is 3. The number of ether oxygens (including phenoxy) is 6. The number of hydrogen-bond donors (Lipinski definition) is 0. The monoisotopic (exact) mass is 744 g/mol. The second-order valence-electron chi connectivity index (χ2n) is 14.9. The lowest BCUT2D eigenvalue weighted by molar-refractivity contribution is 0.116. The first-order valence-corrected chi connectivity index (χ1v) is 35.1. The third-order valence-corrected chi connectivity index (χ3v) is 26.3. The molecule has 3 heterocycles. The molecule has 0 spiro atoms. The Morgan fingerprint density at radius 2 is 0.889 bits per heavy atom. The van der Waals surface area contributed by atoms with Crippen LogP contribution in [0.5, 0.6) is 0 Å². The molecule has 0 aromatic heterocycles. The highest BCUT2D eigenvalue weighted by Crippen LogP contribution is 2.21. The summed E-state index contributed by atoms with van der Waals surface area (Å²) >= 11 is 0. The summed E-state index contributed by atoms with van der Waals surface area (Å²) in [5.74, 6) is 0. The Morgan fingerprint density at radius 1 is 0.533 bits per heavy atom. The molecule has 0 saturated carbocycles. The average Bonchev–Trinajstić information content (AvgIpc) is 3.76. The molecule has 0 bridgehead atoms. The van der Waals surface area contributed by atoms with Crippen LogP contribution in [0.4, 0.5) is 0 Å². The van der Waals surface area contributed by atoms with E-state index < -0.39 is 52.1 Å². The van der Waals surface area contributed by atoms with Gasteiger partial charge in [0.1, 0.15) is 18.3 Å². The predicted molar refractivity (Wildman–Crippen MR) is 202 cm³/mol. The molecule has 0 radical (unpaired) electrons. The molecule has 15 heteroatoms. The lowest BCUT2D eigenvalue weighted by atomic mass is 10.5. The number of rotatable bonds is 24. The van der Waals surface area contributed by atoms with E-state index in [1.165, 1.54) is 18.1 Å². The Kier molecular flexibility index (Phi) is 22.8. The van der Waals surface area contributed by atoms with Crippen LogP contribution in [-0.4, -0.2) is 130 Å². The SMILES string of the molecule is CC[Si](C)(CCCOCC1CO1)O[SiH](C)C.C[SiH](C)O[Si](C)(C)CCCOCC1CO1.C[SiH](C)O[Si](C)(C)CCOCC1CO1. The van der Waals surface area contributed by atoms with E-state index in [2.05, 4.69) is 78.9 Å². The summed E-state index contributed by atoms with van der Waals surface area (Å²) in [6, 6.07) is 4.78. The predicted octanol–water partition coefficient (Wildman–Crippen LogP) is 5.99. The molecule has 3 aliphatic heterocycles. The molecule has 3 aliphatic rings. The molecule has 270 valence electrons. The quantitative estimate of drug-likeness (QED) is 0.0672. The lowest BCUT2D eigenvalue weighted by Gasteiger charge is -2.28. The second kappa shape index (κ2) is 23.4. The summed E-state index contributed by atoms with van der Waals surface area (Å²) < 4.78 is 50.1. The normalized spacial score (nSPS) is 22.1. The van der Waals surface area contributed by atoms with Gasteiger partial charge in [-0.25, -0.2) is 0 Å². The maximum Gasteiger partial charge on any atom is 0.176 e. The van der Waals surface area contributed by atoms with Crippen LogP contribution >= 0.6 is 0 Å². The summed E-state index contributed by atoms with van der Waals surface area (Å²) in [5, 5.41) is 0. The minimum atomic E-state index is -1.42. The Bertz CT molecular complexity index is 739. The van der Waals surface area contributed by atoms with Crippen molar-refractivity contribution in [2.24, 2.45) is 0 Å². The zero-order valence-corrected chi connectivity index (χ0v) is 37.7. The van der Waals surface area contributed by atoms with E-state index in [9.17, 15) is 0 Å². The van der Waals surface area contributed by atoms with Gasteiger partial charge in [0.25, 0.3) is 0 Å². The molecule has 9 nitrogen and oxygen atoms in total.